The second-order valence-electron chi connectivity index (χ2n) is 11.3. The van der Waals surface area contributed by atoms with Gasteiger partial charge in [-0.2, -0.15) is 0 Å². The molecule has 1 N–H and O–H groups in total. The Morgan fingerprint density at radius 2 is 1.51 bits per heavy atom. The monoisotopic (exact) mass is 596 g/mol. The first-order valence-electron chi connectivity index (χ1n) is 14.0. The van der Waals surface area contributed by atoms with Gasteiger partial charge in [0.25, 0.3) is 0 Å². The molecule has 0 amide bonds. The normalized spacial score (nSPS) is 31.8. The number of ketones is 4. The summed E-state index contributed by atoms with van der Waals surface area (Å²) in [5, 5.41) is 12.0. The summed E-state index contributed by atoms with van der Waals surface area (Å²) >= 11 is 0. The van der Waals surface area contributed by atoms with Crippen LogP contribution in [0.1, 0.15) is 34.1 Å². The first kappa shape index (κ1) is 30.7. The van der Waals surface area contributed by atoms with E-state index in [2.05, 4.69) is 0 Å². The Balaban J connectivity index is 1.72. The van der Waals surface area contributed by atoms with Crippen LogP contribution in [0.4, 0.5) is 0 Å². The van der Waals surface area contributed by atoms with Crippen LogP contribution in [0.2, 0.25) is 0 Å². The Morgan fingerprint density at radius 3 is 2.07 bits per heavy atom. The molecule has 2 bridgehead atoms. The van der Waals surface area contributed by atoms with E-state index < -0.39 is 65.6 Å². The Labute approximate surface area is 249 Å². The molecule has 12 nitrogen and oxygen atoms in total. The quantitative estimate of drug-likeness (QED) is 0.261. The van der Waals surface area contributed by atoms with Crippen molar-refractivity contribution >= 4 is 29.1 Å². The number of aliphatic hydroxyl groups is 1. The molecule has 1 saturated heterocycles. The lowest BCUT2D eigenvalue weighted by molar-refractivity contribution is -0.190. The molecule has 5 aliphatic rings. The van der Waals surface area contributed by atoms with Crippen LogP contribution in [0, 0.1) is 0 Å². The van der Waals surface area contributed by atoms with E-state index in [0.29, 0.717) is 5.57 Å². The number of carbonyl (C=O) groups is 5. The minimum absolute atomic E-state index is 0.0216. The highest BCUT2D eigenvalue weighted by molar-refractivity contribution is 6.26. The molecule has 5 rings (SSSR count). The highest BCUT2D eigenvalue weighted by Gasteiger charge is 2.62. The second kappa shape index (κ2) is 11.1. The summed E-state index contributed by atoms with van der Waals surface area (Å²) in [5.41, 5.74) is 1.18. The number of piperazine rings is 1. The lowest BCUT2D eigenvalue weighted by Crippen LogP contribution is -2.77. The van der Waals surface area contributed by atoms with Crippen molar-refractivity contribution in [1.82, 2.24) is 9.80 Å². The van der Waals surface area contributed by atoms with Crippen LogP contribution in [0.3, 0.4) is 0 Å². The van der Waals surface area contributed by atoms with Gasteiger partial charge in [0.2, 0.25) is 11.6 Å². The Bertz CT molecular complexity index is 1510. The molecule has 6 atom stereocenters. The largest absolute Gasteiger partial charge is 0.492 e. The van der Waals surface area contributed by atoms with Gasteiger partial charge in [-0.3, -0.25) is 29.0 Å². The minimum atomic E-state index is -1.36. The fourth-order valence-corrected chi connectivity index (χ4v) is 7.29. The molecule has 43 heavy (non-hydrogen) atoms. The standard InChI is InChI=1S/C31H36N2O10/c1-9-12(2)31(39)43-11-17-18-15(23(34)13(3)27(40-6)25(18)36)10-16-21-19-20(24(35)14(4)28(41-7)26(19)37)29(42-8)22(32(21)5)30(38)33(16)17/h9,16-17,21-22,29-30,38H,10-11H2,1-8H3/b12-9-/t16-,17-,21+,22-,29-,30-/m0/s1. The number of Topliss-reactive ketones (excluding diaryl/α,β-unsaturated/α-hetero) is 4. The van der Waals surface area contributed by atoms with Crippen molar-refractivity contribution in [3.8, 4) is 0 Å². The van der Waals surface area contributed by atoms with E-state index in [4.69, 9.17) is 18.9 Å². The first-order chi connectivity index (χ1) is 20.4. The molecule has 0 unspecified atom stereocenters. The molecule has 0 aromatic carbocycles. The highest BCUT2D eigenvalue weighted by Crippen LogP contribution is 2.49. The Morgan fingerprint density at radius 1 is 0.930 bits per heavy atom. The topological polar surface area (TPSA) is 149 Å². The van der Waals surface area contributed by atoms with Crippen LogP contribution in [-0.4, -0.2) is 115 Å². The van der Waals surface area contributed by atoms with E-state index in [9.17, 15) is 29.1 Å². The number of fused-ring (bicyclic) bond motifs is 5. The summed E-state index contributed by atoms with van der Waals surface area (Å²) in [6, 6.07) is -3.50. The van der Waals surface area contributed by atoms with Gasteiger partial charge in [-0.25, -0.2) is 4.79 Å². The average Bonchev–Trinajstić information content (AvgIpc) is 2.99. The third-order valence-corrected chi connectivity index (χ3v) is 9.45. The zero-order chi connectivity index (χ0) is 31.7. The number of hydrogen-bond acceptors (Lipinski definition) is 12. The third kappa shape index (κ3) is 4.22. The van der Waals surface area contributed by atoms with Gasteiger partial charge < -0.3 is 24.1 Å². The average molecular weight is 597 g/mol. The van der Waals surface area contributed by atoms with Crippen LogP contribution in [0.25, 0.3) is 0 Å². The van der Waals surface area contributed by atoms with Crippen molar-refractivity contribution in [3.63, 3.8) is 0 Å². The zero-order valence-corrected chi connectivity index (χ0v) is 25.5. The lowest BCUT2D eigenvalue weighted by atomic mass is 9.68. The SMILES string of the molecule is C/C=C(/C)C(=O)OC[C@H]1C2=C(C[C@H]3[C@@H]4C5=C(C(=O)C(C)=C(OC)C5=O)[C@H](OC)[C@@H]([C@H](O)N13)N4C)C(=O)C(C)=C(OC)C2=O. The molecular formula is C31H36N2O10. The van der Waals surface area contributed by atoms with Gasteiger partial charge in [0.05, 0.1) is 32.3 Å². The maximum Gasteiger partial charge on any atom is 0.333 e. The van der Waals surface area contributed by atoms with Crippen molar-refractivity contribution in [3.05, 3.63) is 56.6 Å². The van der Waals surface area contributed by atoms with E-state index in [-0.39, 0.29) is 58.0 Å². The van der Waals surface area contributed by atoms with E-state index >= 15 is 0 Å². The molecule has 0 saturated carbocycles. The minimum Gasteiger partial charge on any atom is -0.492 e. The highest BCUT2D eigenvalue weighted by atomic mass is 16.5. The fraction of sp³-hybridized carbons (Fsp3) is 0.516. The molecule has 2 aliphatic carbocycles. The van der Waals surface area contributed by atoms with E-state index in [1.54, 1.807) is 36.8 Å². The van der Waals surface area contributed by atoms with E-state index in [0.717, 1.165) is 0 Å². The van der Waals surface area contributed by atoms with Gasteiger partial charge in [0, 0.05) is 52.2 Å². The van der Waals surface area contributed by atoms with Crippen molar-refractivity contribution in [2.75, 3.05) is 35.0 Å². The van der Waals surface area contributed by atoms with Gasteiger partial charge in [0.1, 0.15) is 18.9 Å². The summed E-state index contributed by atoms with van der Waals surface area (Å²) in [5.74, 6) is -2.69. The molecule has 3 aliphatic heterocycles. The summed E-state index contributed by atoms with van der Waals surface area (Å²) < 4.78 is 22.1. The van der Waals surface area contributed by atoms with Crippen LogP contribution in [0.15, 0.2) is 56.6 Å². The van der Waals surface area contributed by atoms with Crippen molar-refractivity contribution < 1.29 is 48.0 Å². The van der Waals surface area contributed by atoms with Crippen LogP contribution < -0.4 is 0 Å². The number of nitrogens with zero attached hydrogens (tertiary/aromatic N) is 2. The summed E-state index contributed by atoms with van der Waals surface area (Å²) in [4.78, 5) is 71.3. The molecule has 0 radical (unpaired) electrons. The van der Waals surface area contributed by atoms with Gasteiger partial charge in [-0.05, 0) is 41.2 Å². The molecule has 1 fully saturated rings. The lowest BCUT2D eigenvalue weighted by Gasteiger charge is -2.61. The number of allylic oxidation sites excluding steroid dienone is 5. The first-order valence-corrected chi connectivity index (χ1v) is 14.0. The number of esters is 1. The van der Waals surface area contributed by atoms with Gasteiger partial charge in [-0.1, -0.05) is 6.08 Å². The molecule has 0 aromatic rings. The maximum atomic E-state index is 14.0. The maximum absolute atomic E-state index is 14.0. The third-order valence-electron chi connectivity index (χ3n) is 9.45. The molecule has 0 aromatic heterocycles. The summed E-state index contributed by atoms with van der Waals surface area (Å²) in [6.07, 6.45) is -0.808. The smallest absolute Gasteiger partial charge is 0.333 e. The van der Waals surface area contributed by atoms with Crippen molar-refractivity contribution in [2.45, 2.75) is 70.6 Å². The molecular weight excluding hydrogens is 560 g/mol. The number of rotatable bonds is 6. The molecule has 12 heteroatoms. The van der Waals surface area contributed by atoms with Crippen LogP contribution in [-0.2, 0) is 42.9 Å². The second-order valence-corrected chi connectivity index (χ2v) is 11.3. The van der Waals surface area contributed by atoms with Crippen LogP contribution >= 0.6 is 0 Å². The van der Waals surface area contributed by atoms with E-state index in [1.807, 2.05) is 0 Å². The predicted octanol–water partition coefficient (Wildman–Crippen LogP) is 0.706. The number of methoxy groups -OCH3 is 3. The Kier molecular flexibility index (Phi) is 7.93. The number of hydrogen-bond donors (Lipinski definition) is 1. The number of carbonyl (C=O) groups excluding carboxylic acids is 5. The van der Waals surface area contributed by atoms with Gasteiger partial charge >= 0.3 is 5.97 Å². The van der Waals surface area contributed by atoms with Crippen LogP contribution in [0.5, 0.6) is 0 Å². The van der Waals surface area contributed by atoms with E-state index in [1.165, 1.54) is 35.2 Å². The van der Waals surface area contributed by atoms with Crippen molar-refractivity contribution in [1.29, 1.82) is 0 Å². The zero-order valence-electron chi connectivity index (χ0n) is 25.5. The number of ether oxygens (including phenoxy) is 4. The molecule has 3 heterocycles. The van der Waals surface area contributed by atoms with Crippen molar-refractivity contribution in [2.24, 2.45) is 0 Å². The Hall–Kier alpha value is -3.71. The predicted molar refractivity (Wildman–Crippen MR) is 150 cm³/mol. The summed E-state index contributed by atoms with van der Waals surface area (Å²) in [7, 11) is 5.73. The number of likely N-dealkylation sites (N-methyl/N-ethyl adjacent to an activating group) is 1. The number of aliphatic hydroxyl groups excluding tert-OH is 1. The fourth-order valence-electron chi connectivity index (χ4n) is 7.29. The molecule has 0 spiro atoms. The summed E-state index contributed by atoms with van der Waals surface area (Å²) in [6.45, 7) is 5.92. The van der Waals surface area contributed by atoms with Gasteiger partial charge in [0.15, 0.2) is 23.1 Å². The molecule has 230 valence electrons. The van der Waals surface area contributed by atoms with Gasteiger partial charge in [-0.15, -0.1) is 0 Å².